The van der Waals surface area contributed by atoms with Gasteiger partial charge in [0.1, 0.15) is 0 Å². The number of aromatic nitrogens is 3. The molecule has 5 aromatic carbocycles. The molecule has 268 valence electrons. The highest BCUT2D eigenvalue weighted by atomic mass is 15.2. The van der Waals surface area contributed by atoms with Crippen LogP contribution in [0.3, 0.4) is 0 Å². The van der Waals surface area contributed by atoms with Gasteiger partial charge in [0.15, 0.2) is 0 Å². The zero-order chi connectivity index (χ0) is 35.7. The summed E-state index contributed by atoms with van der Waals surface area (Å²) in [5.41, 5.74) is 12.6. The summed E-state index contributed by atoms with van der Waals surface area (Å²) in [6.45, 7) is 7.80. The van der Waals surface area contributed by atoms with Gasteiger partial charge in [0, 0.05) is 17.3 Å². The molecule has 3 nitrogen and oxygen atoms in total. The SMILES string of the molecule is CCCCCCc1ccc(-c2ccc3c(c2)c2cc(-c4ccc(CCCCCC)cc4)ccc2n3-c2nc3ccccc3n2CCCCCC)cc1. The number of rotatable bonds is 18. The third kappa shape index (κ3) is 7.89. The number of benzene rings is 5. The lowest BCUT2D eigenvalue weighted by Crippen LogP contribution is -2.07. The molecule has 0 N–H and O–H groups in total. The second-order valence-corrected chi connectivity index (χ2v) is 14.9. The van der Waals surface area contributed by atoms with Crippen LogP contribution in [0.15, 0.2) is 109 Å². The summed E-state index contributed by atoms with van der Waals surface area (Å²) in [7, 11) is 0. The summed E-state index contributed by atoms with van der Waals surface area (Å²) in [6, 6.07) is 41.4. The molecule has 0 unspecified atom stereocenters. The first-order valence-corrected chi connectivity index (χ1v) is 20.4. The van der Waals surface area contributed by atoms with E-state index in [1.807, 2.05) is 0 Å². The lowest BCUT2D eigenvalue weighted by Gasteiger charge is -2.12. The molecular weight excluding hydrogens is 631 g/mol. The predicted octanol–water partition coefficient (Wildman–Crippen LogP) is 14.3. The third-order valence-electron chi connectivity index (χ3n) is 11.0. The molecule has 0 atom stereocenters. The monoisotopic (exact) mass is 687 g/mol. The van der Waals surface area contributed by atoms with E-state index in [2.05, 4.69) is 139 Å². The van der Waals surface area contributed by atoms with Crippen molar-refractivity contribution in [1.29, 1.82) is 0 Å². The molecule has 52 heavy (non-hydrogen) atoms. The van der Waals surface area contributed by atoms with E-state index < -0.39 is 0 Å². The lowest BCUT2D eigenvalue weighted by atomic mass is 9.98. The van der Waals surface area contributed by atoms with Gasteiger partial charge in [0.2, 0.25) is 5.95 Å². The summed E-state index contributed by atoms with van der Waals surface area (Å²) in [5.74, 6) is 1.01. The van der Waals surface area contributed by atoms with E-state index in [1.165, 1.54) is 131 Å². The van der Waals surface area contributed by atoms with Gasteiger partial charge in [-0.15, -0.1) is 0 Å². The molecule has 0 aliphatic heterocycles. The molecule has 0 bridgehead atoms. The fourth-order valence-electron chi connectivity index (χ4n) is 7.99. The molecule has 0 aliphatic carbocycles. The molecule has 3 heteroatoms. The summed E-state index contributed by atoms with van der Waals surface area (Å²) >= 11 is 0. The lowest BCUT2D eigenvalue weighted by molar-refractivity contribution is 0.585. The van der Waals surface area contributed by atoms with Crippen LogP contribution in [-0.4, -0.2) is 14.1 Å². The van der Waals surface area contributed by atoms with Crippen LogP contribution in [0, 0.1) is 0 Å². The Kier molecular flexibility index (Phi) is 11.9. The third-order valence-corrected chi connectivity index (χ3v) is 11.0. The smallest absolute Gasteiger partial charge is 0.215 e. The second-order valence-electron chi connectivity index (χ2n) is 14.9. The molecular formula is C49H57N3. The number of nitrogens with zero attached hydrogens (tertiary/aromatic N) is 3. The van der Waals surface area contributed by atoms with E-state index in [0.29, 0.717) is 0 Å². The molecule has 0 amide bonds. The van der Waals surface area contributed by atoms with Crippen LogP contribution < -0.4 is 0 Å². The van der Waals surface area contributed by atoms with Crippen molar-refractivity contribution in [3.05, 3.63) is 120 Å². The largest absolute Gasteiger partial charge is 0.310 e. The van der Waals surface area contributed by atoms with Crippen molar-refractivity contribution < 1.29 is 0 Å². The summed E-state index contributed by atoms with van der Waals surface area (Å²) in [4.78, 5) is 5.33. The Labute approximate surface area is 311 Å². The first kappa shape index (κ1) is 35.8. The molecule has 0 fully saturated rings. The molecule has 2 aromatic heterocycles. The van der Waals surface area contributed by atoms with Crippen LogP contribution in [0.2, 0.25) is 0 Å². The zero-order valence-electron chi connectivity index (χ0n) is 31.8. The topological polar surface area (TPSA) is 22.8 Å². The van der Waals surface area contributed by atoms with Crippen LogP contribution in [-0.2, 0) is 19.4 Å². The highest BCUT2D eigenvalue weighted by Gasteiger charge is 2.20. The van der Waals surface area contributed by atoms with Gasteiger partial charge in [-0.3, -0.25) is 4.57 Å². The molecule has 0 radical (unpaired) electrons. The highest BCUT2D eigenvalue weighted by molar-refractivity contribution is 6.11. The second kappa shape index (κ2) is 17.3. The number of hydrogen-bond donors (Lipinski definition) is 0. The minimum Gasteiger partial charge on any atom is -0.310 e. The number of imidazole rings is 1. The van der Waals surface area contributed by atoms with Crippen molar-refractivity contribution in [2.45, 2.75) is 117 Å². The first-order valence-electron chi connectivity index (χ1n) is 20.4. The Morgan fingerprint density at radius 1 is 0.442 bits per heavy atom. The van der Waals surface area contributed by atoms with Gasteiger partial charge in [0.25, 0.3) is 0 Å². The van der Waals surface area contributed by atoms with Crippen molar-refractivity contribution in [3.63, 3.8) is 0 Å². The Morgan fingerprint density at radius 3 is 1.44 bits per heavy atom. The predicted molar refractivity (Wildman–Crippen MR) is 225 cm³/mol. The molecule has 7 rings (SSSR count). The van der Waals surface area contributed by atoms with E-state index in [-0.39, 0.29) is 0 Å². The van der Waals surface area contributed by atoms with Gasteiger partial charge in [-0.1, -0.05) is 151 Å². The highest BCUT2D eigenvalue weighted by Crippen LogP contribution is 2.38. The molecule has 0 aliphatic rings. The van der Waals surface area contributed by atoms with E-state index in [0.717, 1.165) is 37.3 Å². The average Bonchev–Trinajstić information content (AvgIpc) is 3.71. The summed E-state index contributed by atoms with van der Waals surface area (Å²) in [6.07, 6.45) is 17.6. The van der Waals surface area contributed by atoms with Crippen LogP contribution in [0.4, 0.5) is 0 Å². The van der Waals surface area contributed by atoms with Gasteiger partial charge in [0.05, 0.1) is 22.1 Å². The maximum Gasteiger partial charge on any atom is 0.215 e. The van der Waals surface area contributed by atoms with Crippen molar-refractivity contribution in [2.75, 3.05) is 0 Å². The van der Waals surface area contributed by atoms with Gasteiger partial charge < -0.3 is 4.57 Å². The Morgan fingerprint density at radius 2 is 0.923 bits per heavy atom. The van der Waals surface area contributed by atoms with Crippen LogP contribution in [0.1, 0.15) is 109 Å². The van der Waals surface area contributed by atoms with Gasteiger partial charge in [-0.25, -0.2) is 4.98 Å². The van der Waals surface area contributed by atoms with Crippen molar-refractivity contribution >= 4 is 32.8 Å². The van der Waals surface area contributed by atoms with Crippen molar-refractivity contribution in [2.24, 2.45) is 0 Å². The standard InChI is InChI=1S/C49H57N3/c1-4-7-10-13-18-37-22-26-39(27-23-37)41-30-32-46-43(35-41)44-36-42(40-28-24-38(25-29-40)19-14-11-8-5-2)31-33-47(44)52(46)49-50-45-20-15-16-21-48(45)51(49)34-17-12-9-6-3/h15-16,20-33,35-36H,4-14,17-19,34H2,1-3H3. The summed E-state index contributed by atoms with van der Waals surface area (Å²) < 4.78 is 4.89. The minimum atomic E-state index is 0.961. The number of hydrogen-bond acceptors (Lipinski definition) is 1. The van der Waals surface area contributed by atoms with Crippen molar-refractivity contribution in [1.82, 2.24) is 14.1 Å². The van der Waals surface area contributed by atoms with Crippen molar-refractivity contribution in [3.8, 4) is 28.2 Å². The Bertz CT molecular complexity index is 2080. The first-order chi connectivity index (χ1) is 25.7. The molecule has 7 aromatic rings. The quantitative estimate of drug-likeness (QED) is 0.0823. The van der Waals surface area contributed by atoms with Gasteiger partial charge in [-0.2, -0.15) is 0 Å². The average molecular weight is 688 g/mol. The van der Waals surface area contributed by atoms with Gasteiger partial charge in [-0.05, 0) is 102 Å². The summed E-state index contributed by atoms with van der Waals surface area (Å²) in [5, 5.41) is 2.55. The van der Waals surface area contributed by atoms with Gasteiger partial charge >= 0.3 is 0 Å². The number of aryl methyl sites for hydroxylation is 3. The number of fused-ring (bicyclic) bond motifs is 4. The maximum absolute atomic E-state index is 5.33. The minimum absolute atomic E-state index is 0.961. The molecule has 0 spiro atoms. The van der Waals surface area contributed by atoms with E-state index in [9.17, 15) is 0 Å². The molecule has 0 saturated heterocycles. The maximum atomic E-state index is 5.33. The number of unbranched alkanes of at least 4 members (excludes halogenated alkanes) is 9. The normalized spacial score (nSPS) is 11.8. The molecule has 0 saturated carbocycles. The van der Waals surface area contributed by atoms with Crippen LogP contribution >= 0.6 is 0 Å². The van der Waals surface area contributed by atoms with E-state index in [1.54, 1.807) is 0 Å². The van der Waals surface area contributed by atoms with Crippen LogP contribution in [0.25, 0.3) is 61.0 Å². The Balaban J connectivity index is 1.31. The molecule has 2 heterocycles. The van der Waals surface area contributed by atoms with E-state index >= 15 is 0 Å². The fourth-order valence-corrected chi connectivity index (χ4v) is 7.99. The van der Waals surface area contributed by atoms with Crippen LogP contribution in [0.5, 0.6) is 0 Å². The number of para-hydroxylation sites is 2. The van der Waals surface area contributed by atoms with E-state index in [4.69, 9.17) is 4.98 Å². The fraction of sp³-hybridized carbons (Fsp3) is 0.367. The zero-order valence-corrected chi connectivity index (χ0v) is 31.8. The Hall–Kier alpha value is -4.63.